The molecule has 0 spiro atoms. The van der Waals surface area contributed by atoms with Gasteiger partial charge in [0.15, 0.2) is 0 Å². The Hall–Kier alpha value is -0.700. The van der Waals surface area contributed by atoms with E-state index in [0.717, 1.165) is 26.2 Å². The van der Waals surface area contributed by atoms with E-state index in [-0.39, 0.29) is 0 Å². The van der Waals surface area contributed by atoms with Gasteiger partial charge in [-0.25, -0.2) is 0 Å². The monoisotopic (exact) mass is 267 g/mol. The fraction of sp³-hybridized carbons (Fsp3) is 0.875. The molecule has 0 aromatic heterocycles. The Kier molecular flexibility index (Phi) is 6.70. The maximum absolute atomic E-state index is 2.53. The highest BCUT2D eigenvalue weighted by Gasteiger charge is 2.44. The minimum absolute atomic E-state index is 0.575. The number of rotatable bonds is 10. The van der Waals surface area contributed by atoms with E-state index in [1.807, 2.05) is 0 Å². The molecule has 1 aliphatic rings. The molecule has 0 unspecified atom stereocenters. The SMILES string of the molecule is CCCCN(C)C1C(N(CC)CC)=C1N(CC)CC. The van der Waals surface area contributed by atoms with E-state index in [2.05, 4.69) is 56.4 Å². The van der Waals surface area contributed by atoms with Gasteiger partial charge in [-0.15, -0.1) is 0 Å². The van der Waals surface area contributed by atoms with Crippen molar-refractivity contribution in [3.63, 3.8) is 0 Å². The number of hydrogen-bond donors (Lipinski definition) is 0. The molecular weight excluding hydrogens is 234 g/mol. The van der Waals surface area contributed by atoms with Gasteiger partial charge in [-0.05, 0) is 47.7 Å². The van der Waals surface area contributed by atoms with Crippen molar-refractivity contribution in [2.45, 2.75) is 53.5 Å². The second-order valence-electron chi connectivity index (χ2n) is 5.35. The van der Waals surface area contributed by atoms with Crippen molar-refractivity contribution in [1.29, 1.82) is 0 Å². The molecule has 112 valence electrons. The average Bonchev–Trinajstić information content (AvgIpc) is 3.14. The van der Waals surface area contributed by atoms with Crippen molar-refractivity contribution in [2.24, 2.45) is 0 Å². The predicted octanol–water partition coefficient (Wildman–Crippen LogP) is 3.00. The van der Waals surface area contributed by atoms with Crippen LogP contribution in [0, 0.1) is 0 Å². The van der Waals surface area contributed by atoms with Gasteiger partial charge in [-0.1, -0.05) is 13.3 Å². The Balaban J connectivity index is 2.78. The van der Waals surface area contributed by atoms with Crippen molar-refractivity contribution < 1.29 is 0 Å². The number of unbranched alkanes of at least 4 members (excludes halogenated alkanes) is 1. The molecule has 1 rings (SSSR count). The zero-order valence-electron chi connectivity index (χ0n) is 13.9. The molecule has 0 saturated heterocycles. The molecule has 0 aromatic carbocycles. The molecule has 19 heavy (non-hydrogen) atoms. The Bertz CT molecular complexity index is 268. The molecule has 0 atom stereocenters. The molecule has 0 N–H and O–H groups in total. The normalized spacial score (nSPS) is 15.3. The Labute approximate surface area is 120 Å². The average molecular weight is 267 g/mol. The van der Waals surface area contributed by atoms with Crippen LogP contribution >= 0.6 is 0 Å². The fourth-order valence-corrected chi connectivity index (χ4v) is 2.94. The van der Waals surface area contributed by atoms with Crippen LogP contribution in [0.3, 0.4) is 0 Å². The highest BCUT2D eigenvalue weighted by molar-refractivity contribution is 5.44. The van der Waals surface area contributed by atoms with Crippen LogP contribution in [0.5, 0.6) is 0 Å². The van der Waals surface area contributed by atoms with Gasteiger partial charge in [0.2, 0.25) is 0 Å². The lowest BCUT2D eigenvalue weighted by Gasteiger charge is -2.24. The lowest BCUT2D eigenvalue weighted by atomic mass is 10.3. The highest BCUT2D eigenvalue weighted by atomic mass is 15.3. The summed E-state index contributed by atoms with van der Waals surface area (Å²) < 4.78 is 0. The third kappa shape index (κ3) is 3.65. The van der Waals surface area contributed by atoms with Crippen molar-refractivity contribution in [3.05, 3.63) is 11.4 Å². The molecule has 0 saturated carbocycles. The number of likely N-dealkylation sites (N-methyl/N-ethyl adjacent to an activating group) is 3. The summed E-state index contributed by atoms with van der Waals surface area (Å²) in [7, 11) is 2.28. The van der Waals surface area contributed by atoms with Gasteiger partial charge in [0.1, 0.15) is 0 Å². The van der Waals surface area contributed by atoms with Crippen LogP contribution in [0.25, 0.3) is 0 Å². The fourth-order valence-electron chi connectivity index (χ4n) is 2.94. The van der Waals surface area contributed by atoms with Crippen molar-refractivity contribution in [1.82, 2.24) is 14.7 Å². The molecule has 3 nitrogen and oxygen atoms in total. The van der Waals surface area contributed by atoms with Crippen molar-refractivity contribution in [2.75, 3.05) is 39.8 Å². The Morgan fingerprint density at radius 3 is 1.53 bits per heavy atom. The smallest absolute Gasteiger partial charge is 0.0937 e. The van der Waals surface area contributed by atoms with Gasteiger partial charge in [-0.2, -0.15) is 0 Å². The van der Waals surface area contributed by atoms with Gasteiger partial charge in [0, 0.05) is 26.2 Å². The molecule has 0 fully saturated rings. The summed E-state index contributed by atoms with van der Waals surface area (Å²) in [6.45, 7) is 17.0. The lowest BCUT2D eigenvalue weighted by Crippen LogP contribution is -2.32. The Morgan fingerprint density at radius 2 is 1.21 bits per heavy atom. The van der Waals surface area contributed by atoms with E-state index in [9.17, 15) is 0 Å². The minimum Gasteiger partial charge on any atom is -0.372 e. The molecule has 0 amide bonds. The Morgan fingerprint density at radius 1 is 0.789 bits per heavy atom. The van der Waals surface area contributed by atoms with E-state index in [0.29, 0.717) is 6.04 Å². The van der Waals surface area contributed by atoms with Gasteiger partial charge in [0.25, 0.3) is 0 Å². The van der Waals surface area contributed by atoms with E-state index < -0.39 is 0 Å². The van der Waals surface area contributed by atoms with Crippen LogP contribution < -0.4 is 0 Å². The molecule has 0 radical (unpaired) electrons. The molecule has 1 aliphatic carbocycles. The third-order valence-corrected chi connectivity index (χ3v) is 4.21. The molecule has 3 heteroatoms. The number of hydrogen-bond acceptors (Lipinski definition) is 3. The van der Waals surface area contributed by atoms with Gasteiger partial charge < -0.3 is 9.80 Å². The van der Waals surface area contributed by atoms with Gasteiger partial charge >= 0.3 is 0 Å². The largest absolute Gasteiger partial charge is 0.372 e. The van der Waals surface area contributed by atoms with Crippen LogP contribution in [-0.4, -0.2) is 60.5 Å². The highest BCUT2D eigenvalue weighted by Crippen LogP contribution is 2.40. The molecule has 0 aromatic rings. The molecule has 0 aliphatic heterocycles. The first-order valence-corrected chi connectivity index (χ1v) is 8.10. The lowest BCUT2D eigenvalue weighted by molar-refractivity contribution is 0.271. The van der Waals surface area contributed by atoms with Crippen LogP contribution in [0.2, 0.25) is 0 Å². The van der Waals surface area contributed by atoms with Crippen LogP contribution in [0.15, 0.2) is 11.4 Å². The van der Waals surface area contributed by atoms with Gasteiger partial charge in [-0.3, -0.25) is 4.90 Å². The zero-order valence-corrected chi connectivity index (χ0v) is 13.9. The number of nitrogens with zero attached hydrogens (tertiary/aromatic N) is 3. The maximum atomic E-state index is 2.53. The van der Waals surface area contributed by atoms with Crippen LogP contribution in [0.4, 0.5) is 0 Å². The molecule has 0 bridgehead atoms. The molecular formula is C16H33N3. The summed E-state index contributed by atoms with van der Waals surface area (Å²) in [6, 6.07) is 0.575. The van der Waals surface area contributed by atoms with Crippen LogP contribution in [0.1, 0.15) is 47.5 Å². The van der Waals surface area contributed by atoms with Gasteiger partial charge in [0.05, 0.1) is 17.4 Å². The summed E-state index contributed by atoms with van der Waals surface area (Å²) in [5.74, 6) is 0. The van der Waals surface area contributed by atoms with E-state index in [1.165, 1.54) is 19.4 Å². The van der Waals surface area contributed by atoms with Crippen LogP contribution in [-0.2, 0) is 0 Å². The zero-order chi connectivity index (χ0) is 14.4. The second kappa shape index (κ2) is 7.78. The van der Waals surface area contributed by atoms with Crippen molar-refractivity contribution in [3.8, 4) is 0 Å². The summed E-state index contributed by atoms with van der Waals surface area (Å²) in [5, 5.41) is 0. The summed E-state index contributed by atoms with van der Waals surface area (Å²) in [4.78, 5) is 7.59. The summed E-state index contributed by atoms with van der Waals surface area (Å²) >= 11 is 0. The maximum Gasteiger partial charge on any atom is 0.0937 e. The topological polar surface area (TPSA) is 9.72 Å². The first-order valence-electron chi connectivity index (χ1n) is 8.10. The third-order valence-electron chi connectivity index (χ3n) is 4.21. The quantitative estimate of drug-likeness (QED) is 0.602. The van der Waals surface area contributed by atoms with E-state index >= 15 is 0 Å². The first-order chi connectivity index (χ1) is 9.15. The summed E-state index contributed by atoms with van der Waals surface area (Å²) in [5.41, 5.74) is 3.15. The predicted molar refractivity (Wildman–Crippen MR) is 84.2 cm³/mol. The van der Waals surface area contributed by atoms with E-state index in [1.54, 1.807) is 11.4 Å². The van der Waals surface area contributed by atoms with Crippen molar-refractivity contribution >= 4 is 0 Å². The van der Waals surface area contributed by atoms with E-state index in [4.69, 9.17) is 0 Å². The second-order valence-corrected chi connectivity index (χ2v) is 5.35. The standard InChI is InChI=1S/C16H33N3/c1-7-12-13-17(6)14-15(18(8-2)9-3)16(14)19(10-4)11-5/h14H,7-13H2,1-6H3. The summed E-state index contributed by atoms with van der Waals surface area (Å²) in [6.07, 6.45) is 2.57. The molecule has 0 heterocycles. The first kappa shape index (κ1) is 16.4. The minimum atomic E-state index is 0.575.